The molecule has 0 aliphatic carbocycles. The van der Waals surface area contributed by atoms with Gasteiger partial charge in [0.1, 0.15) is 5.82 Å². The van der Waals surface area contributed by atoms with Crippen LogP contribution in [0.3, 0.4) is 0 Å². The van der Waals surface area contributed by atoms with Crippen LogP contribution < -0.4 is 5.32 Å². The fourth-order valence-electron chi connectivity index (χ4n) is 2.22. The monoisotopic (exact) mass is 307 g/mol. The van der Waals surface area contributed by atoms with E-state index in [1.807, 2.05) is 50.2 Å². The van der Waals surface area contributed by atoms with Crippen LogP contribution in [-0.4, -0.2) is 43.1 Å². The molecule has 0 amide bonds. The number of nitrogens with one attached hydrogen (secondary N) is 1. The number of para-hydroxylation sites is 1. The third kappa shape index (κ3) is 3.92. The summed E-state index contributed by atoms with van der Waals surface area (Å²) in [6, 6.07) is 11.7. The largest absolute Gasteiger partial charge is 0.369 e. The molecule has 0 saturated carbocycles. The molecular weight excluding hydrogens is 286 g/mol. The molecule has 0 saturated heterocycles. The lowest BCUT2D eigenvalue weighted by atomic mass is 10.2. The lowest BCUT2D eigenvalue weighted by Gasteiger charge is -2.18. The van der Waals surface area contributed by atoms with Crippen LogP contribution in [0.1, 0.15) is 13.8 Å². The second-order valence-corrected chi connectivity index (χ2v) is 6.80. The predicted molar refractivity (Wildman–Crippen MR) is 86.9 cm³/mol. The molecule has 21 heavy (non-hydrogen) atoms. The second kappa shape index (κ2) is 6.87. The van der Waals surface area contributed by atoms with E-state index in [9.17, 15) is 8.42 Å². The molecule has 0 aliphatic heterocycles. The van der Waals surface area contributed by atoms with E-state index in [0.29, 0.717) is 25.5 Å². The minimum atomic E-state index is -3.19. The zero-order valence-electron chi connectivity index (χ0n) is 12.4. The molecule has 1 aromatic carbocycles. The lowest BCUT2D eigenvalue weighted by Crippen LogP contribution is -2.34. The Morgan fingerprint density at radius 3 is 2.52 bits per heavy atom. The highest BCUT2D eigenvalue weighted by atomic mass is 32.2. The van der Waals surface area contributed by atoms with Gasteiger partial charge in [0, 0.05) is 25.0 Å². The molecule has 1 heterocycles. The van der Waals surface area contributed by atoms with E-state index >= 15 is 0 Å². The van der Waals surface area contributed by atoms with Gasteiger partial charge in [-0.1, -0.05) is 32.0 Å². The predicted octanol–water partition coefficient (Wildman–Crippen LogP) is 2.32. The minimum absolute atomic E-state index is 0.0726. The van der Waals surface area contributed by atoms with Crippen molar-refractivity contribution in [2.45, 2.75) is 13.8 Å². The van der Waals surface area contributed by atoms with Crippen molar-refractivity contribution in [3.8, 4) is 0 Å². The molecule has 1 N–H and O–H groups in total. The molecule has 0 spiro atoms. The molecular formula is C15H21N3O2S. The number of hydrogen-bond acceptors (Lipinski definition) is 4. The van der Waals surface area contributed by atoms with Crippen LogP contribution in [0.4, 0.5) is 5.82 Å². The zero-order valence-corrected chi connectivity index (χ0v) is 13.2. The Hall–Kier alpha value is -1.66. The smallest absolute Gasteiger partial charge is 0.215 e. The number of sulfonamides is 1. The van der Waals surface area contributed by atoms with Crippen molar-refractivity contribution in [3.05, 3.63) is 36.4 Å². The summed E-state index contributed by atoms with van der Waals surface area (Å²) in [5, 5.41) is 4.15. The van der Waals surface area contributed by atoms with Gasteiger partial charge in [-0.15, -0.1) is 0 Å². The van der Waals surface area contributed by atoms with E-state index in [4.69, 9.17) is 0 Å². The average Bonchev–Trinajstić information content (AvgIpc) is 2.48. The van der Waals surface area contributed by atoms with Gasteiger partial charge >= 0.3 is 0 Å². The van der Waals surface area contributed by atoms with Crippen LogP contribution in [0.15, 0.2) is 36.4 Å². The first-order chi connectivity index (χ1) is 10.1. The molecule has 2 aromatic rings. The first-order valence-electron chi connectivity index (χ1n) is 7.14. The first kappa shape index (κ1) is 15.7. The summed E-state index contributed by atoms with van der Waals surface area (Å²) in [6.07, 6.45) is 0. The molecule has 0 radical (unpaired) electrons. The van der Waals surface area contributed by atoms with Crippen molar-refractivity contribution in [2.24, 2.45) is 0 Å². The van der Waals surface area contributed by atoms with Gasteiger partial charge in [-0.2, -0.15) is 0 Å². The Morgan fingerprint density at radius 1 is 1.10 bits per heavy atom. The van der Waals surface area contributed by atoms with E-state index in [2.05, 4.69) is 10.3 Å². The number of benzene rings is 1. The van der Waals surface area contributed by atoms with Crippen LogP contribution >= 0.6 is 0 Å². The summed E-state index contributed by atoms with van der Waals surface area (Å²) in [4.78, 5) is 4.46. The average molecular weight is 307 g/mol. The summed E-state index contributed by atoms with van der Waals surface area (Å²) in [7, 11) is -3.19. The summed E-state index contributed by atoms with van der Waals surface area (Å²) in [5.41, 5.74) is 0.897. The normalized spacial score (nSPS) is 12.0. The molecule has 1 aromatic heterocycles. The molecule has 2 rings (SSSR count). The third-order valence-corrected chi connectivity index (χ3v) is 5.39. The Kier molecular flexibility index (Phi) is 5.14. The van der Waals surface area contributed by atoms with Crippen molar-refractivity contribution < 1.29 is 8.42 Å². The third-order valence-electron chi connectivity index (χ3n) is 3.36. The quantitative estimate of drug-likeness (QED) is 0.852. The highest BCUT2D eigenvalue weighted by molar-refractivity contribution is 7.89. The summed E-state index contributed by atoms with van der Waals surface area (Å²) in [6.45, 7) is 5.06. The second-order valence-electron chi connectivity index (χ2n) is 4.72. The van der Waals surface area contributed by atoms with Gasteiger partial charge in [0.05, 0.1) is 11.3 Å². The summed E-state index contributed by atoms with van der Waals surface area (Å²) < 4.78 is 25.6. The van der Waals surface area contributed by atoms with E-state index in [-0.39, 0.29) is 5.75 Å². The molecule has 0 atom stereocenters. The van der Waals surface area contributed by atoms with Crippen LogP contribution in [0, 0.1) is 0 Å². The van der Waals surface area contributed by atoms with Crippen molar-refractivity contribution >= 4 is 26.7 Å². The van der Waals surface area contributed by atoms with Crippen molar-refractivity contribution in [1.29, 1.82) is 0 Å². The van der Waals surface area contributed by atoms with Crippen molar-refractivity contribution in [1.82, 2.24) is 9.29 Å². The maximum Gasteiger partial charge on any atom is 0.215 e. The number of aromatic nitrogens is 1. The summed E-state index contributed by atoms with van der Waals surface area (Å²) in [5.74, 6) is 0.770. The van der Waals surface area contributed by atoms with Gasteiger partial charge < -0.3 is 5.32 Å². The number of anilines is 1. The topological polar surface area (TPSA) is 62.3 Å². The fourth-order valence-corrected chi connectivity index (χ4v) is 3.62. The van der Waals surface area contributed by atoms with Crippen LogP contribution in [0.2, 0.25) is 0 Å². The van der Waals surface area contributed by atoms with Crippen molar-refractivity contribution in [3.63, 3.8) is 0 Å². The van der Waals surface area contributed by atoms with E-state index in [1.54, 1.807) is 0 Å². The van der Waals surface area contributed by atoms with Crippen molar-refractivity contribution in [2.75, 3.05) is 30.7 Å². The molecule has 0 aliphatic rings. The highest BCUT2D eigenvalue weighted by Gasteiger charge is 2.17. The maximum absolute atomic E-state index is 12.1. The first-order valence-corrected chi connectivity index (χ1v) is 8.75. The maximum atomic E-state index is 12.1. The van der Waals surface area contributed by atoms with E-state index in [0.717, 1.165) is 10.9 Å². The van der Waals surface area contributed by atoms with E-state index < -0.39 is 10.0 Å². The van der Waals surface area contributed by atoms with Crippen LogP contribution in [0.5, 0.6) is 0 Å². The van der Waals surface area contributed by atoms with Crippen LogP contribution in [0.25, 0.3) is 10.9 Å². The summed E-state index contributed by atoms with van der Waals surface area (Å²) >= 11 is 0. The van der Waals surface area contributed by atoms with E-state index in [1.165, 1.54) is 4.31 Å². The number of fused-ring (bicyclic) bond motifs is 1. The Balaban J connectivity index is 1.99. The molecule has 0 fully saturated rings. The molecule has 114 valence electrons. The SMILES string of the molecule is CCN(CC)S(=O)(=O)CCNc1ccc2ccccc2n1. The highest BCUT2D eigenvalue weighted by Crippen LogP contribution is 2.14. The zero-order chi connectivity index (χ0) is 15.3. The van der Waals surface area contributed by atoms with Gasteiger partial charge in [0.25, 0.3) is 0 Å². The Morgan fingerprint density at radius 2 is 1.81 bits per heavy atom. The standard InChI is InChI=1S/C15H21N3O2S/c1-3-18(4-2)21(19,20)12-11-16-15-10-9-13-7-5-6-8-14(13)17-15/h5-10H,3-4,11-12H2,1-2H3,(H,16,17). The molecule has 0 unspecified atom stereocenters. The van der Waals surface area contributed by atoms with Crippen LogP contribution in [-0.2, 0) is 10.0 Å². The van der Waals surface area contributed by atoms with Gasteiger partial charge in [-0.3, -0.25) is 0 Å². The number of pyridine rings is 1. The Bertz CT molecular complexity index is 697. The van der Waals surface area contributed by atoms with Gasteiger partial charge in [-0.05, 0) is 18.2 Å². The molecule has 0 bridgehead atoms. The molecule has 6 heteroatoms. The van der Waals surface area contributed by atoms with Gasteiger partial charge in [-0.25, -0.2) is 17.7 Å². The number of nitrogens with zero attached hydrogens (tertiary/aromatic N) is 2. The number of rotatable bonds is 7. The fraction of sp³-hybridized carbons (Fsp3) is 0.400. The van der Waals surface area contributed by atoms with Gasteiger partial charge in [0.15, 0.2) is 0 Å². The number of hydrogen-bond donors (Lipinski definition) is 1. The minimum Gasteiger partial charge on any atom is -0.369 e. The molecule has 5 nitrogen and oxygen atoms in total. The van der Waals surface area contributed by atoms with Gasteiger partial charge in [0.2, 0.25) is 10.0 Å². The Labute approximate surface area is 126 Å². The lowest BCUT2D eigenvalue weighted by molar-refractivity contribution is 0.446.